The number of ether oxygens (including phenoxy) is 1. The lowest BCUT2D eigenvalue weighted by Gasteiger charge is -2.30. The van der Waals surface area contributed by atoms with Crippen LogP contribution in [0.15, 0.2) is 12.4 Å². The van der Waals surface area contributed by atoms with E-state index in [0.717, 1.165) is 6.08 Å². The maximum Gasteiger partial charge on any atom is 0.372 e. The minimum Gasteiger partial charge on any atom is -0.477 e. The van der Waals surface area contributed by atoms with Crippen LogP contribution in [0.1, 0.15) is 12.8 Å². The molecule has 0 aromatic heterocycles. The van der Waals surface area contributed by atoms with E-state index in [-0.39, 0.29) is 30.8 Å². The van der Waals surface area contributed by atoms with Crippen molar-refractivity contribution in [2.75, 3.05) is 6.61 Å². The summed E-state index contributed by atoms with van der Waals surface area (Å²) in [6.07, 6.45) is 0.410. The zero-order valence-electron chi connectivity index (χ0n) is 12.6. The van der Waals surface area contributed by atoms with E-state index >= 15 is 0 Å². The molecule has 3 atom stereocenters. The van der Waals surface area contributed by atoms with Gasteiger partial charge in [-0.05, 0) is 6.08 Å². The first-order valence-electron chi connectivity index (χ1n) is 7.01. The van der Waals surface area contributed by atoms with E-state index in [4.69, 9.17) is 27.5 Å². The summed E-state index contributed by atoms with van der Waals surface area (Å²) >= 11 is 4.92. The average molecular weight is 375 g/mol. The van der Waals surface area contributed by atoms with Gasteiger partial charge >= 0.3 is 17.7 Å². The zero-order chi connectivity index (χ0) is 18.8. The Kier molecular flexibility index (Phi) is 5.33. The number of halogens is 1. The lowest BCUT2D eigenvalue weighted by Crippen LogP contribution is -2.57. The number of carbonyl (C=O) groups excluding carboxylic acids is 3. The normalized spacial score (nSPS) is 27.4. The molecule has 0 aromatic carbocycles. The van der Waals surface area contributed by atoms with Crippen LogP contribution in [0.3, 0.4) is 0 Å². The number of carboxylic acids is 1. The highest BCUT2D eigenvalue weighted by atomic mass is 32.1. The topological polar surface area (TPSA) is 148 Å². The van der Waals surface area contributed by atoms with Gasteiger partial charge in [0.2, 0.25) is 5.91 Å². The Bertz CT molecular complexity index is 670. The SMILES string of the molecule is NC(=O)C(/C=C\F)C(=S)N[C@H]1CON(C2(C(=O)O)CCC(=O)O2)C1=O. The van der Waals surface area contributed by atoms with Crippen LogP contribution >= 0.6 is 12.2 Å². The molecule has 2 saturated heterocycles. The fraction of sp³-hybridized carbons (Fsp3) is 0.462. The molecule has 0 saturated carbocycles. The minimum absolute atomic E-state index is 0.0834. The molecule has 2 fully saturated rings. The summed E-state index contributed by atoms with van der Waals surface area (Å²) < 4.78 is 17.1. The molecule has 136 valence electrons. The Hall–Kier alpha value is -2.60. The summed E-state index contributed by atoms with van der Waals surface area (Å²) in [4.78, 5) is 51.3. The minimum atomic E-state index is -2.26. The zero-order valence-corrected chi connectivity index (χ0v) is 13.5. The van der Waals surface area contributed by atoms with Gasteiger partial charge in [0.15, 0.2) is 0 Å². The quantitative estimate of drug-likeness (QED) is 0.382. The number of thiocarbonyl (C=S) groups is 1. The molecule has 10 nitrogen and oxygen atoms in total. The molecule has 0 radical (unpaired) electrons. The van der Waals surface area contributed by atoms with Gasteiger partial charge in [-0.1, -0.05) is 12.2 Å². The van der Waals surface area contributed by atoms with Gasteiger partial charge in [-0.3, -0.25) is 19.2 Å². The molecule has 2 rings (SSSR count). The molecule has 12 heteroatoms. The van der Waals surface area contributed by atoms with Crippen LogP contribution in [0.25, 0.3) is 0 Å². The second-order valence-electron chi connectivity index (χ2n) is 5.25. The van der Waals surface area contributed by atoms with Crippen molar-refractivity contribution in [1.29, 1.82) is 0 Å². The summed E-state index contributed by atoms with van der Waals surface area (Å²) in [5.74, 6) is -5.45. The molecule has 2 aliphatic rings. The first kappa shape index (κ1) is 18.7. The van der Waals surface area contributed by atoms with Crippen molar-refractivity contribution in [3.63, 3.8) is 0 Å². The van der Waals surface area contributed by atoms with Crippen molar-refractivity contribution in [3.05, 3.63) is 12.4 Å². The largest absolute Gasteiger partial charge is 0.477 e. The number of primary amides is 1. The van der Waals surface area contributed by atoms with Crippen LogP contribution in [0, 0.1) is 5.92 Å². The van der Waals surface area contributed by atoms with Crippen molar-refractivity contribution >= 4 is 41.0 Å². The van der Waals surface area contributed by atoms with E-state index in [0.29, 0.717) is 5.06 Å². The summed E-state index contributed by atoms with van der Waals surface area (Å²) in [7, 11) is 0. The fourth-order valence-electron chi connectivity index (χ4n) is 2.40. The van der Waals surface area contributed by atoms with Crippen molar-refractivity contribution in [2.45, 2.75) is 24.6 Å². The first-order chi connectivity index (χ1) is 11.7. The number of hydrogen-bond acceptors (Lipinski definition) is 7. The molecular formula is C13H14FN3O7S. The number of carbonyl (C=O) groups is 4. The molecule has 0 aliphatic carbocycles. The van der Waals surface area contributed by atoms with Gasteiger partial charge in [0.1, 0.15) is 18.6 Å². The maximum absolute atomic E-state index is 12.4. The number of amides is 2. The van der Waals surface area contributed by atoms with Crippen molar-refractivity contribution in [1.82, 2.24) is 10.4 Å². The molecule has 0 spiro atoms. The molecule has 4 N–H and O–H groups in total. The summed E-state index contributed by atoms with van der Waals surface area (Å²) in [6.45, 7) is -0.337. The number of nitrogens with two attached hydrogens (primary N) is 1. The van der Waals surface area contributed by atoms with Gasteiger partial charge in [0.25, 0.3) is 5.91 Å². The lowest BCUT2D eigenvalue weighted by molar-refractivity contribution is -0.256. The summed E-state index contributed by atoms with van der Waals surface area (Å²) in [5, 5.41) is 12.3. The number of aliphatic carboxylic acids is 1. The van der Waals surface area contributed by atoms with Crippen LogP contribution < -0.4 is 11.1 Å². The third-order valence-corrected chi connectivity index (χ3v) is 4.02. The van der Waals surface area contributed by atoms with Crippen LogP contribution in [-0.2, 0) is 28.8 Å². The smallest absolute Gasteiger partial charge is 0.372 e. The highest BCUT2D eigenvalue weighted by Gasteiger charge is 2.59. The third-order valence-electron chi connectivity index (χ3n) is 3.65. The molecule has 2 amide bonds. The molecule has 25 heavy (non-hydrogen) atoms. The molecule has 2 unspecified atom stereocenters. The Morgan fingerprint density at radius 2 is 2.20 bits per heavy atom. The third kappa shape index (κ3) is 3.44. The van der Waals surface area contributed by atoms with Crippen LogP contribution in [0.4, 0.5) is 4.39 Å². The van der Waals surface area contributed by atoms with E-state index in [1.807, 2.05) is 0 Å². The summed E-state index contributed by atoms with van der Waals surface area (Å²) in [6, 6.07) is -1.15. The number of carboxylic acid groups (broad SMARTS) is 1. The Morgan fingerprint density at radius 1 is 1.52 bits per heavy atom. The molecule has 0 bridgehead atoms. The lowest BCUT2D eigenvalue weighted by atomic mass is 10.1. The number of hydroxylamine groups is 2. The molecule has 2 aliphatic heterocycles. The second kappa shape index (κ2) is 7.11. The van der Waals surface area contributed by atoms with Crippen molar-refractivity contribution in [2.24, 2.45) is 11.7 Å². The number of cyclic esters (lactones) is 1. The van der Waals surface area contributed by atoms with Crippen LogP contribution in [0.5, 0.6) is 0 Å². The van der Waals surface area contributed by atoms with E-state index in [2.05, 4.69) is 5.32 Å². The van der Waals surface area contributed by atoms with Gasteiger partial charge < -0.3 is 20.9 Å². The Balaban J connectivity index is 2.14. The number of rotatable bonds is 6. The van der Waals surface area contributed by atoms with Gasteiger partial charge in [-0.15, -0.1) is 0 Å². The number of nitrogens with one attached hydrogen (secondary N) is 1. The average Bonchev–Trinajstić information content (AvgIpc) is 3.09. The number of hydrogen-bond donors (Lipinski definition) is 3. The summed E-state index contributed by atoms with van der Waals surface area (Å²) in [5.41, 5.74) is 2.83. The predicted octanol–water partition coefficient (Wildman–Crippen LogP) is -1.25. The predicted molar refractivity (Wildman–Crippen MR) is 80.9 cm³/mol. The van der Waals surface area contributed by atoms with Crippen molar-refractivity contribution < 1.29 is 38.2 Å². The van der Waals surface area contributed by atoms with E-state index in [9.17, 15) is 28.7 Å². The Labute approximate surface area is 145 Å². The molecule has 2 heterocycles. The van der Waals surface area contributed by atoms with Gasteiger partial charge in [0, 0.05) is 6.42 Å². The van der Waals surface area contributed by atoms with E-state index < -0.39 is 41.4 Å². The van der Waals surface area contributed by atoms with Gasteiger partial charge in [0.05, 0.1) is 17.7 Å². The highest BCUT2D eigenvalue weighted by molar-refractivity contribution is 7.80. The van der Waals surface area contributed by atoms with E-state index in [1.165, 1.54) is 0 Å². The van der Waals surface area contributed by atoms with Gasteiger partial charge in [-0.25, -0.2) is 9.18 Å². The Morgan fingerprint density at radius 3 is 2.68 bits per heavy atom. The standard InChI is InChI=1S/C13H14FN3O7S/c14-4-2-6(9(15)19)10(25)16-7-5-23-17(11(7)20)13(12(21)22)3-1-8(18)24-13/h2,4,6-7H,1,3,5H2,(H2,15,19)(H,16,25)(H,21,22)/b4-2-/t6?,7-,13?/m0/s1. The molecular weight excluding hydrogens is 361 g/mol. The van der Waals surface area contributed by atoms with Crippen molar-refractivity contribution in [3.8, 4) is 0 Å². The van der Waals surface area contributed by atoms with Crippen LogP contribution in [0.2, 0.25) is 0 Å². The monoisotopic (exact) mass is 375 g/mol. The first-order valence-corrected chi connectivity index (χ1v) is 7.42. The fourth-order valence-corrected chi connectivity index (χ4v) is 2.74. The number of esters is 1. The maximum atomic E-state index is 12.4. The molecule has 0 aromatic rings. The van der Waals surface area contributed by atoms with Crippen LogP contribution in [-0.4, -0.2) is 57.3 Å². The van der Waals surface area contributed by atoms with E-state index in [1.54, 1.807) is 0 Å². The van der Waals surface area contributed by atoms with Gasteiger partial charge in [-0.2, -0.15) is 5.06 Å². The highest BCUT2D eigenvalue weighted by Crippen LogP contribution is 2.34. The second-order valence-corrected chi connectivity index (χ2v) is 5.69. The number of nitrogens with zero attached hydrogens (tertiary/aromatic N) is 1.